The van der Waals surface area contributed by atoms with E-state index in [1.807, 2.05) is 16.0 Å². The van der Waals surface area contributed by atoms with Crippen LogP contribution >= 0.6 is 22.9 Å². The van der Waals surface area contributed by atoms with Crippen molar-refractivity contribution in [3.8, 4) is 0 Å². The van der Waals surface area contributed by atoms with Gasteiger partial charge in [-0.25, -0.2) is 4.98 Å². The molecule has 1 saturated heterocycles. The fraction of sp³-hybridized carbons (Fsp3) is 0.333. The summed E-state index contributed by atoms with van der Waals surface area (Å²) >= 11 is 7.52. The molecular formula is C12H12ClN3O2S. The maximum absolute atomic E-state index is 11.9. The molecule has 1 aliphatic rings. The summed E-state index contributed by atoms with van der Waals surface area (Å²) in [5, 5.41) is 11.7. The fourth-order valence-electron chi connectivity index (χ4n) is 2.12. The van der Waals surface area contributed by atoms with E-state index in [9.17, 15) is 9.90 Å². The molecule has 0 unspecified atom stereocenters. The Morgan fingerprint density at radius 2 is 2.47 bits per heavy atom. The third kappa shape index (κ3) is 2.39. The molecule has 100 valence electrons. The number of thiazole rings is 1. The molecule has 5 nitrogen and oxygen atoms in total. The minimum absolute atomic E-state index is 0.113. The molecule has 7 heteroatoms. The van der Waals surface area contributed by atoms with E-state index in [0.717, 1.165) is 4.96 Å². The highest BCUT2D eigenvalue weighted by molar-refractivity contribution is 7.15. The van der Waals surface area contributed by atoms with Crippen LogP contribution in [0, 0.1) is 0 Å². The van der Waals surface area contributed by atoms with Crippen molar-refractivity contribution in [1.29, 1.82) is 0 Å². The number of aromatic nitrogens is 2. The zero-order valence-corrected chi connectivity index (χ0v) is 11.6. The Labute approximate surface area is 118 Å². The molecule has 2 aromatic rings. The van der Waals surface area contributed by atoms with Crippen molar-refractivity contribution in [3.63, 3.8) is 0 Å². The predicted octanol–water partition coefficient (Wildman–Crippen LogP) is 1.66. The van der Waals surface area contributed by atoms with Gasteiger partial charge in [-0.05, 0) is 12.5 Å². The van der Waals surface area contributed by atoms with E-state index < -0.39 is 6.10 Å². The minimum atomic E-state index is -0.403. The van der Waals surface area contributed by atoms with E-state index in [2.05, 4.69) is 4.98 Å². The van der Waals surface area contributed by atoms with E-state index in [1.165, 1.54) is 17.4 Å². The largest absolute Gasteiger partial charge is 0.391 e. The van der Waals surface area contributed by atoms with Gasteiger partial charge in [-0.15, -0.1) is 11.3 Å². The molecule has 0 bridgehead atoms. The van der Waals surface area contributed by atoms with Gasteiger partial charge in [-0.1, -0.05) is 11.6 Å². The highest BCUT2D eigenvalue weighted by Crippen LogP contribution is 2.22. The van der Waals surface area contributed by atoms with Crippen LogP contribution in [0.25, 0.3) is 11.0 Å². The van der Waals surface area contributed by atoms with Gasteiger partial charge in [0.2, 0.25) is 5.91 Å². The van der Waals surface area contributed by atoms with Gasteiger partial charge in [-0.2, -0.15) is 0 Å². The van der Waals surface area contributed by atoms with Gasteiger partial charge in [0.1, 0.15) is 0 Å². The van der Waals surface area contributed by atoms with Crippen molar-refractivity contribution in [2.24, 2.45) is 0 Å². The van der Waals surface area contributed by atoms with Crippen LogP contribution in [-0.2, 0) is 4.79 Å². The van der Waals surface area contributed by atoms with E-state index >= 15 is 0 Å². The summed E-state index contributed by atoms with van der Waals surface area (Å²) in [4.78, 5) is 18.5. The number of β-amino-alcohol motifs (C(OH)–C–C–N with tert-alkyl or cyclic N) is 1. The molecule has 3 rings (SSSR count). The van der Waals surface area contributed by atoms with Crippen molar-refractivity contribution >= 4 is 39.9 Å². The zero-order valence-electron chi connectivity index (χ0n) is 9.99. The summed E-state index contributed by atoms with van der Waals surface area (Å²) in [7, 11) is 0. The van der Waals surface area contributed by atoms with Crippen molar-refractivity contribution in [1.82, 2.24) is 14.3 Å². The first kappa shape index (κ1) is 12.7. The molecule has 3 heterocycles. The van der Waals surface area contributed by atoms with Crippen LogP contribution in [0.5, 0.6) is 0 Å². The second-order valence-electron chi connectivity index (χ2n) is 4.40. The normalized spacial score (nSPS) is 19.9. The Balaban J connectivity index is 1.80. The lowest BCUT2D eigenvalue weighted by Gasteiger charge is -2.12. The predicted molar refractivity (Wildman–Crippen MR) is 74.3 cm³/mol. The van der Waals surface area contributed by atoms with Crippen LogP contribution in [0.3, 0.4) is 0 Å². The molecule has 1 amide bonds. The molecule has 1 atom stereocenters. The number of hydrogen-bond donors (Lipinski definition) is 1. The number of fused-ring (bicyclic) bond motifs is 1. The smallest absolute Gasteiger partial charge is 0.246 e. The van der Waals surface area contributed by atoms with Crippen LogP contribution in [-0.4, -0.2) is 44.5 Å². The summed E-state index contributed by atoms with van der Waals surface area (Å²) in [6.45, 7) is 0.996. The monoisotopic (exact) mass is 297 g/mol. The molecule has 1 N–H and O–H groups in total. The first-order valence-electron chi connectivity index (χ1n) is 5.91. The lowest BCUT2D eigenvalue weighted by molar-refractivity contribution is -0.125. The maximum Gasteiger partial charge on any atom is 0.246 e. The van der Waals surface area contributed by atoms with Crippen LogP contribution in [0.1, 0.15) is 12.1 Å². The Bertz CT molecular complexity index is 648. The maximum atomic E-state index is 11.9. The highest BCUT2D eigenvalue weighted by Gasteiger charge is 2.23. The number of aliphatic hydroxyl groups excluding tert-OH is 1. The van der Waals surface area contributed by atoms with Crippen molar-refractivity contribution in [2.45, 2.75) is 12.5 Å². The van der Waals surface area contributed by atoms with Crippen molar-refractivity contribution in [3.05, 3.63) is 28.5 Å². The third-order valence-electron chi connectivity index (χ3n) is 3.11. The second kappa shape index (κ2) is 4.96. The van der Waals surface area contributed by atoms with Crippen LogP contribution in [0.2, 0.25) is 5.15 Å². The van der Waals surface area contributed by atoms with Crippen molar-refractivity contribution in [2.75, 3.05) is 13.1 Å². The summed E-state index contributed by atoms with van der Waals surface area (Å²) in [6, 6.07) is 0. The zero-order chi connectivity index (χ0) is 13.4. The first-order chi connectivity index (χ1) is 9.15. The quantitative estimate of drug-likeness (QED) is 0.858. The topological polar surface area (TPSA) is 57.8 Å². The minimum Gasteiger partial charge on any atom is -0.391 e. The Kier molecular flexibility index (Phi) is 3.30. The Hall–Kier alpha value is -1.37. The number of carbonyl (C=O) groups excluding carboxylic acids is 1. The molecule has 0 radical (unpaired) electrons. The second-order valence-corrected chi connectivity index (χ2v) is 5.63. The number of halogens is 1. The van der Waals surface area contributed by atoms with E-state index in [1.54, 1.807) is 11.0 Å². The number of imidazole rings is 1. The van der Waals surface area contributed by atoms with Gasteiger partial charge in [-0.3, -0.25) is 9.20 Å². The summed E-state index contributed by atoms with van der Waals surface area (Å²) in [6.07, 6.45) is 5.25. The Morgan fingerprint density at radius 1 is 1.63 bits per heavy atom. The number of amides is 1. The lowest BCUT2D eigenvalue weighted by atomic mass is 10.3. The van der Waals surface area contributed by atoms with Gasteiger partial charge >= 0.3 is 0 Å². The van der Waals surface area contributed by atoms with Crippen molar-refractivity contribution < 1.29 is 9.90 Å². The molecular weight excluding hydrogens is 286 g/mol. The lowest BCUT2D eigenvalue weighted by Crippen LogP contribution is -2.27. The number of rotatable bonds is 2. The Morgan fingerprint density at radius 3 is 3.21 bits per heavy atom. The number of nitrogens with zero attached hydrogens (tertiary/aromatic N) is 3. The number of carbonyl (C=O) groups is 1. The summed E-state index contributed by atoms with van der Waals surface area (Å²) in [5.41, 5.74) is 0.700. The average Bonchev–Trinajstić information content (AvgIpc) is 3.03. The van der Waals surface area contributed by atoms with Gasteiger partial charge in [0.15, 0.2) is 10.1 Å². The van der Waals surface area contributed by atoms with Crippen LogP contribution < -0.4 is 0 Å². The van der Waals surface area contributed by atoms with Gasteiger partial charge in [0.25, 0.3) is 0 Å². The first-order valence-corrected chi connectivity index (χ1v) is 7.17. The van der Waals surface area contributed by atoms with E-state index in [-0.39, 0.29) is 5.91 Å². The SMILES string of the molecule is O=C(C=Cc1c(Cl)nc2sccn12)N1CC[C@@H](O)C1. The van der Waals surface area contributed by atoms with E-state index in [4.69, 9.17) is 11.6 Å². The number of aliphatic hydroxyl groups is 1. The summed E-state index contributed by atoms with van der Waals surface area (Å²) < 4.78 is 1.84. The molecule has 2 aromatic heterocycles. The molecule has 0 saturated carbocycles. The molecule has 0 aromatic carbocycles. The molecule has 0 aliphatic carbocycles. The molecule has 0 spiro atoms. The fourth-order valence-corrected chi connectivity index (χ4v) is 3.13. The average molecular weight is 298 g/mol. The summed E-state index contributed by atoms with van der Waals surface area (Å²) in [5.74, 6) is -0.113. The van der Waals surface area contributed by atoms with Gasteiger partial charge in [0, 0.05) is 30.7 Å². The van der Waals surface area contributed by atoms with Gasteiger partial charge in [0.05, 0.1) is 11.8 Å². The molecule has 19 heavy (non-hydrogen) atoms. The molecule has 1 fully saturated rings. The van der Waals surface area contributed by atoms with E-state index in [0.29, 0.717) is 30.4 Å². The van der Waals surface area contributed by atoms with Gasteiger partial charge < -0.3 is 10.0 Å². The number of likely N-dealkylation sites (tertiary alicyclic amines) is 1. The number of hydrogen-bond acceptors (Lipinski definition) is 4. The van der Waals surface area contributed by atoms with Crippen LogP contribution in [0.15, 0.2) is 17.7 Å². The molecule has 1 aliphatic heterocycles. The highest BCUT2D eigenvalue weighted by atomic mass is 35.5. The standard InChI is InChI=1S/C12H12ClN3O2S/c13-11-9(16-5-6-19-12(16)14-11)1-2-10(18)15-4-3-8(17)7-15/h1-2,5-6,8,17H,3-4,7H2/t8-/m1/s1. The van der Waals surface area contributed by atoms with Crippen LogP contribution in [0.4, 0.5) is 0 Å². The third-order valence-corrected chi connectivity index (χ3v) is 4.15.